The summed E-state index contributed by atoms with van der Waals surface area (Å²) in [5, 5.41) is 0. The smallest absolute Gasteiger partial charge is 0.343 e. The summed E-state index contributed by atoms with van der Waals surface area (Å²) in [6.07, 6.45) is 0. The van der Waals surface area contributed by atoms with Crippen LogP contribution >= 0.6 is 0 Å². The Balaban J connectivity index is 2.22. The fraction of sp³-hybridized carbons (Fsp3) is 0.188. The molecular formula is C16H14F2O6S. The van der Waals surface area contributed by atoms with Crippen LogP contribution in [0.1, 0.15) is 10.4 Å². The summed E-state index contributed by atoms with van der Waals surface area (Å²) in [6.45, 7) is 0. The lowest BCUT2D eigenvalue weighted by Gasteiger charge is -2.09. The number of hydrogen-bond acceptors (Lipinski definition) is 6. The third-order valence-electron chi connectivity index (χ3n) is 3.19. The van der Waals surface area contributed by atoms with Crippen molar-refractivity contribution in [2.45, 2.75) is 10.7 Å². The predicted molar refractivity (Wildman–Crippen MR) is 84.1 cm³/mol. The Kier molecular flexibility index (Phi) is 5.58. The van der Waals surface area contributed by atoms with Crippen LogP contribution in [-0.4, -0.2) is 34.4 Å². The number of sulfone groups is 1. The van der Waals surface area contributed by atoms with Gasteiger partial charge in [0.05, 0.1) is 24.7 Å². The van der Waals surface area contributed by atoms with Crippen LogP contribution in [0.4, 0.5) is 8.78 Å². The highest BCUT2D eigenvalue weighted by Crippen LogP contribution is 2.28. The number of ether oxygens (including phenoxy) is 3. The number of rotatable bonds is 6. The van der Waals surface area contributed by atoms with Gasteiger partial charge in [0, 0.05) is 18.2 Å². The molecule has 134 valence electrons. The van der Waals surface area contributed by atoms with Crippen molar-refractivity contribution in [3.8, 4) is 17.2 Å². The van der Waals surface area contributed by atoms with E-state index in [2.05, 4.69) is 0 Å². The fourth-order valence-corrected chi connectivity index (χ4v) is 2.61. The van der Waals surface area contributed by atoms with E-state index in [9.17, 15) is 22.0 Å². The molecule has 0 amide bonds. The van der Waals surface area contributed by atoms with Crippen LogP contribution in [0.15, 0.2) is 47.4 Å². The molecule has 0 atom stereocenters. The monoisotopic (exact) mass is 372 g/mol. The van der Waals surface area contributed by atoms with Crippen LogP contribution in [0.3, 0.4) is 0 Å². The van der Waals surface area contributed by atoms with Gasteiger partial charge in [-0.1, -0.05) is 0 Å². The Morgan fingerprint density at radius 1 is 0.920 bits per heavy atom. The Hall–Kier alpha value is -2.68. The van der Waals surface area contributed by atoms with E-state index in [1.54, 1.807) is 6.07 Å². The second-order valence-corrected chi connectivity index (χ2v) is 6.69. The van der Waals surface area contributed by atoms with Crippen molar-refractivity contribution in [2.24, 2.45) is 0 Å². The number of alkyl halides is 2. The molecule has 0 radical (unpaired) electrons. The lowest BCUT2D eigenvalue weighted by atomic mass is 10.2. The molecule has 2 rings (SSSR count). The van der Waals surface area contributed by atoms with E-state index in [1.165, 1.54) is 26.4 Å². The van der Waals surface area contributed by atoms with Crippen LogP contribution in [-0.2, 0) is 9.84 Å². The molecule has 0 unspecified atom stereocenters. The molecule has 2 aromatic carbocycles. The van der Waals surface area contributed by atoms with Crippen molar-refractivity contribution in [3.05, 3.63) is 48.0 Å². The Bertz CT molecular complexity index is 840. The Labute approximate surface area is 142 Å². The predicted octanol–water partition coefficient (Wildman–Crippen LogP) is 2.92. The minimum atomic E-state index is -4.71. The van der Waals surface area contributed by atoms with E-state index in [-0.39, 0.29) is 11.3 Å². The number of hydrogen-bond donors (Lipinski definition) is 0. The molecule has 6 nitrogen and oxygen atoms in total. The van der Waals surface area contributed by atoms with Crippen molar-refractivity contribution < 1.29 is 36.2 Å². The van der Waals surface area contributed by atoms with Crippen molar-refractivity contribution in [3.63, 3.8) is 0 Å². The van der Waals surface area contributed by atoms with Gasteiger partial charge in [0.2, 0.25) is 9.84 Å². The highest BCUT2D eigenvalue weighted by molar-refractivity contribution is 7.91. The normalized spacial score (nSPS) is 11.2. The second kappa shape index (κ2) is 7.47. The van der Waals surface area contributed by atoms with E-state index in [1.807, 2.05) is 0 Å². The van der Waals surface area contributed by atoms with Gasteiger partial charge in [-0.15, -0.1) is 0 Å². The molecular weight excluding hydrogens is 358 g/mol. The van der Waals surface area contributed by atoms with Gasteiger partial charge in [-0.3, -0.25) is 0 Å². The van der Waals surface area contributed by atoms with Crippen LogP contribution in [0.5, 0.6) is 17.2 Å². The van der Waals surface area contributed by atoms with E-state index in [0.29, 0.717) is 11.5 Å². The number of carbonyl (C=O) groups excluding carboxylic acids is 1. The van der Waals surface area contributed by atoms with Gasteiger partial charge in [-0.2, -0.15) is 8.78 Å². The maximum atomic E-state index is 12.5. The first kappa shape index (κ1) is 18.7. The molecule has 0 fully saturated rings. The van der Waals surface area contributed by atoms with Gasteiger partial charge >= 0.3 is 11.7 Å². The van der Waals surface area contributed by atoms with Crippen LogP contribution in [0.2, 0.25) is 0 Å². The molecule has 0 spiro atoms. The van der Waals surface area contributed by atoms with E-state index in [0.717, 1.165) is 24.3 Å². The molecule has 0 aliphatic carbocycles. The molecule has 0 aliphatic heterocycles. The molecule has 0 saturated carbocycles. The zero-order valence-corrected chi connectivity index (χ0v) is 14.0. The number of carbonyl (C=O) groups is 1. The second-order valence-electron chi connectivity index (χ2n) is 4.77. The lowest BCUT2D eigenvalue weighted by molar-refractivity contribution is 0.0734. The van der Waals surface area contributed by atoms with Crippen molar-refractivity contribution in [1.82, 2.24) is 0 Å². The zero-order valence-electron chi connectivity index (χ0n) is 13.2. The van der Waals surface area contributed by atoms with Gasteiger partial charge in [0.1, 0.15) is 17.2 Å². The molecule has 25 heavy (non-hydrogen) atoms. The minimum absolute atomic E-state index is 0.00463. The topological polar surface area (TPSA) is 78.9 Å². The molecule has 0 N–H and O–H groups in total. The van der Waals surface area contributed by atoms with Crippen molar-refractivity contribution in [2.75, 3.05) is 14.2 Å². The number of benzene rings is 2. The molecule has 0 saturated heterocycles. The van der Waals surface area contributed by atoms with Gasteiger partial charge in [-0.25, -0.2) is 13.2 Å². The molecule has 0 bridgehead atoms. The highest BCUT2D eigenvalue weighted by atomic mass is 32.2. The average molecular weight is 372 g/mol. The summed E-state index contributed by atoms with van der Waals surface area (Å²) in [7, 11) is -1.85. The van der Waals surface area contributed by atoms with Crippen molar-refractivity contribution in [1.29, 1.82) is 0 Å². The van der Waals surface area contributed by atoms with Gasteiger partial charge in [0.25, 0.3) is 0 Å². The van der Waals surface area contributed by atoms with Gasteiger partial charge in [-0.05, 0) is 24.3 Å². The summed E-state index contributed by atoms with van der Waals surface area (Å²) in [5.74, 6) is -3.38. The lowest BCUT2D eigenvalue weighted by Crippen LogP contribution is -2.12. The minimum Gasteiger partial charge on any atom is -0.496 e. The van der Waals surface area contributed by atoms with Crippen LogP contribution in [0, 0.1) is 0 Å². The average Bonchev–Trinajstić information content (AvgIpc) is 2.61. The standard InChI is InChI=1S/C16H14F2O6S/c1-22-11-7-12(23-2)9-13(8-11)24-15(19)10-3-5-14(6-4-10)25(20,21)16(17)18/h3-9,16H,1-2H3. The summed E-state index contributed by atoms with van der Waals surface area (Å²) >= 11 is 0. The molecule has 0 heterocycles. The summed E-state index contributed by atoms with van der Waals surface area (Å²) in [4.78, 5) is 11.5. The summed E-state index contributed by atoms with van der Waals surface area (Å²) < 4.78 is 62.9. The third kappa shape index (κ3) is 4.24. The SMILES string of the molecule is COc1cc(OC)cc(OC(=O)c2ccc(S(=O)(=O)C(F)F)cc2)c1. The molecule has 9 heteroatoms. The Morgan fingerprint density at radius 3 is 1.84 bits per heavy atom. The zero-order chi connectivity index (χ0) is 18.6. The summed E-state index contributed by atoms with van der Waals surface area (Å²) in [6, 6.07) is 8.52. The first-order valence-electron chi connectivity index (χ1n) is 6.85. The van der Waals surface area contributed by atoms with Gasteiger partial charge in [0.15, 0.2) is 0 Å². The first-order chi connectivity index (χ1) is 11.8. The van der Waals surface area contributed by atoms with E-state index < -0.39 is 26.5 Å². The maximum Gasteiger partial charge on any atom is 0.343 e. The largest absolute Gasteiger partial charge is 0.496 e. The quantitative estimate of drug-likeness (QED) is 0.573. The van der Waals surface area contributed by atoms with Crippen LogP contribution in [0.25, 0.3) is 0 Å². The number of halogens is 2. The van der Waals surface area contributed by atoms with Gasteiger partial charge < -0.3 is 14.2 Å². The Morgan fingerprint density at radius 2 is 1.40 bits per heavy atom. The van der Waals surface area contributed by atoms with E-state index >= 15 is 0 Å². The first-order valence-corrected chi connectivity index (χ1v) is 8.40. The molecule has 2 aromatic rings. The molecule has 0 aromatic heterocycles. The van der Waals surface area contributed by atoms with Crippen LogP contribution < -0.4 is 14.2 Å². The highest BCUT2D eigenvalue weighted by Gasteiger charge is 2.26. The maximum absolute atomic E-state index is 12.5. The summed E-state index contributed by atoms with van der Waals surface area (Å²) in [5.41, 5.74) is -0.00463. The number of methoxy groups -OCH3 is 2. The fourth-order valence-electron chi connectivity index (χ4n) is 1.89. The molecule has 0 aliphatic rings. The number of esters is 1. The van der Waals surface area contributed by atoms with Crippen molar-refractivity contribution >= 4 is 15.8 Å². The van der Waals surface area contributed by atoms with E-state index in [4.69, 9.17) is 14.2 Å². The third-order valence-corrected chi connectivity index (χ3v) is 4.59.